The molecule has 0 radical (unpaired) electrons. The van der Waals surface area contributed by atoms with Crippen LogP contribution in [0.4, 0.5) is 28.2 Å². The number of ether oxygens (including phenoxy) is 2. The quantitative estimate of drug-likeness (QED) is 0.0498. The van der Waals surface area contributed by atoms with Gasteiger partial charge in [0.15, 0.2) is 5.82 Å². The zero-order chi connectivity index (χ0) is 64.9. The lowest BCUT2D eigenvalue weighted by atomic mass is 9.83. The fraction of sp³-hybridized carbons (Fsp3) is 0.609. The molecular formula is C69H88F4N10O8Si. The van der Waals surface area contributed by atoms with Crippen molar-refractivity contribution < 1.29 is 51.0 Å². The number of carbonyl (C=O) groups is 3. The van der Waals surface area contributed by atoms with Gasteiger partial charge in [0.05, 0.1) is 47.7 Å². The number of piperidine rings is 4. The molecular weight excluding hydrogens is 1200 g/mol. The second-order valence-electron chi connectivity index (χ2n) is 28.6. The average Bonchev–Trinajstić information content (AvgIpc) is 1.46. The van der Waals surface area contributed by atoms with Crippen molar-refractivity contribution in [2.45, 2.75) is 184 Å². The Morgan fingerprint density at radius 1 is 0.902 bits per heavy atom. The van der Waals surface area contributed by atoms with Crippen LogP contribution in [0.25, 0.3) is 44.0 Å². The second kappa shape index (κ2) is 24.9. The maximum absolute atomic E-state index is 18.3. The molecule has 3 amide bonds. The van der Waals surface area contributed by atoms with Crippen LogP contribution in [0.3, 0.4) is 0 Å². The van der Waals surface area contributed by atoms with E-state index in [0.29, 0.717) is 139 Å². The van der Waals surface area contributed by atoms with Crippen molar-refractivity contribution >= 4 is 64.8 Å². The molecule has 0 aliphatic carbocycles. The van der Waals surface area contributed by atoms with Crippen LogP contribution >= 0.6 is 0 Å². The number of fused-ring (bicyclic) bond motifs is 4. The lowest BCUT2D eigenvalue weighted by Gasteiger charge is -2.48. The third kappa shape index (κ3) is 11.4. The number of pyridine rings is 1. The molecule has 10 heterocycles. The van der Waals surface area contributed by atoms with Crippen LogP contribution in [0.1, 0.15) is 148 Å². The molecule has 7 saturated heterocycles. The molecule has 494 valence electrons. The van der Waals surface area contributed by atoms with Gasteiger partial charge in [-0.15, -0.1) is 0 Å². The van der Waals surface area contributed by atoms with E-state index in [1.807, 2.05) is 30.0 Å². The van der Waals surface area contributed by atoms with Crippen LogP contribution in [-0.2, 0) is 34.2 Å². The van der Waals surface area contributed by atoms with E-state index >= 15 is 17.6 Å². The minimum absolute atomic E-state index is 0.00276. The molecule has 3 unspecified atom stereocenters. The summed E-state index contributed by atoms with van der Waals surface area (Å²) in [5, 5.41) is 13.6. The summed E-state index contributed by atoms with van der Waals surface area (Å²) in [4.78, 5) is 75.0. The molecule has 0 saturated carbocycles. The molecule has 92 heavy (non-hydrogen) atoms. The number of benzene rings is 3. The first-order valence-corrected chi connectivity index (χ1v) is 35.9. The van der Waals surface area contributed by atoms with Gasteiger partial charge in [0.2, 0.25) is 11.8 Å². The third-order valence-corrected chi connectivity index (χ3v) is 28.3. The number of carboxylic acid groups (broad SMARTS) is 1. The van der Waals surface area contributed by atoms with Crippen molar-refractivity contribution in [3.63, 3.8) is 0 Å². The number of carbonyl (C=O) groups excluding carboxylic acids is 2. The van der Waals surface area contributed by atoms with E-state index in [9.17, 15) is 24.3 Å². The number of rotatable bonds is 17. The Bertz CT molecular complexity index is 3900. The summed E-state index contributed by atoms with van der Waals surface area (Å²) in [6, 6.07) is 9.44. The molecule has 6 atom stereocenters. The SMILES string of the molecule is CCc1c(F)ccc2cc(O[Si](C(C)C)(C(C)C)C(C)C)cc(-c3ncc4c(N5CCC[C@]6(CCO6)C5)nc(OCC5CC(Cc6cc(C7CCN(CC8CCN(C(=O)O)CC8)CC7(F)F)cc7c6n([C@H]6CCC(=O)NC6=O)c(=O)n7C)N6CCC[C@@H]56)nc4c3F)c12. The van der Waals surface area contributed by atoms with Crippen LogP contribution in [0.5, 0.6) is 11.8 Å². The number of imide groups is 1. The van der Waals surface area contributed by atoms with Crippen LogP contribution in [0.15, 0.2) is 47.4 Å². The Labute approximate surface area is 535 Å². The molecule has 1 spiro atoms. The van der Waals surface area contributed by atoms with E-state index in [-0.39, 0.29) is 89.2 Å². The van der Waals surface area contributed by atoms with Crippen molar-refractivity contribution in [1.82, 2.24) is 44.1 Å². The summed E-state index contributed by atoms with van der Waals surface area (Å²) in [6.07, 6.45) is 7.92. The molecule has 7 fully saturated rings. The molecule has 13 rings (SSSR count). The van der Waals surface area contributed by atoms with E-state index in [2.05, 4.69) is 56.7 Å². The highest BCUT2D eigenvalue weighted by atomic mass is 28.4. The summed E-state index contributed by atoms with van der Waals surface area (Å²) < 4.78 is 91.4. The molecule has 2 N–H and O–H groups in total. The van der Waals surface area contributed by atoms with Gasteiger partial charge in [0.1, 0.15) is 34.6 Å². The molecule has 0 bridgehead atoms. The predicted molar refractivity (Wildman–Crippen MR) is 346 cm³/mol. The van der Waals surface area contributed by atoms with Gasteiger partial charge in [-0.1, -0.05) is 60.6 Å². The summed E-state index contributed by atoms with van der Waals surface area (Å²) in [5.41, 5.74) is 2.78. The van der Waals surface area contributed by atoms with Crippen molar-refractivity contribution in [3.8, 4) is 23.0 Å². The standard InChI is InChI=1S/C69H88F4N10O8Si/c1-9-49-53(70)14-13-43-31-48(91-92(39(2)3,40(4)5)41(6)7)33-50(58(43)49)60-59(71)61-51(34-74-60)63(81-22-11-20-68(37-81)21-27-90-68)77-65(76-61)89-36-46-30-47(82-23-10-12-54(46)82)29-45-28-44(32-56-62(45)83(66(86)78(56)8)55-15-16-57(84)75-64(55)85)52-19-24-79(38-69(52,72)73)35-42-17-25-80(26-18-42)67(87)88/h13-14,28,31-34,39-42,46-47,52,54-55H,9-12,15-27,29-30,35-38H2,1-8H3,(H,87,88)(H,75,84,85)/t46?,47?,52?,54-,55-,68-/m0/s1. The van der Waals surface area contributed by atoms with Gasteiger partial charge >= 0.3 is 17.8 Å². The highest BCUT2D eigenvalue weighted by Gasteiger charge is 2.50. The number of likely N-dealkylation sites (tertiary alicyclic amines) is 2. The number of hydrogen-bond acceptors (Lipinski definition) is 13. The maximum atomic E-state index is 18.3. The minimum Gasteiger partial charge on any atom is -0.543 e. The number of nitrogens with zero attached hydrogens (tertiary/aromatic N) is 9. The molecule has 23 heteroatoms. The molecule has 3 aromatic carbocycles. The summed E-state index contributed by atoms with van der Waals surface area (Å²) in [7, 11) is -0.937. The van der Waals surface area contributed by atoms with Gasteiger partial charge in [-0.25, -0.2) is 27.2 Å². The van der Waals surface area contributed by atoms with E-state index in [1.54, 1.807) is 25.4 Å². The Hall–Kier alpha value is -6.69. The lowest BCUT2D eigenvalue weighted by molar-refractivity contribution is -0.151. The van der Waals surface area contributed by atoms with Crippen LogP contribution in [0.2, 0.25) is 16.6 Å². The molecule has 18 nitrogen and oxygen atoms in total. The van der Waals surface area contributed by atoms with E-state index < -0.39 is 68.0 Å². The monoisotopic (exact) mass is 1290 g/mol. The van der Waals surface area contributed by atoms with Crippen LogP contribution in [-0.4, -0.2) is 159 Å². The number of halogens is 4. The smallest absolute Gasteiger partial charge is 0.407 e. The Morgan fingerprint density at radius 3 is 2.35 bits per heavy atom. The maximum Gasteiger partial charge on any atom is 0.407 e. The first-order valence-electron chi connectivity index (χ1n) is 33.7. The van der Waals surface area contributed by atoms with Gasteiger partial charge in [-0.05, 0) is 158 Å². The molecule has 6 aromatic rings. The summed E-state index contributed by atoms with van der Waals surface area (Å²) in [6.45, 7) is 19.1. The number of aryl methyl sites for hydroxylation is 2. The van der Waals surface area contributed by atoms with Crippen molar-refractivity contribution in [2.75, 3.05) is 70.5 Å². The van der Waals surface area contributed by atoms with E-state index in [1.165, 1.54) is 20.1 Å². The predicted octanol–water partition coefficient (Wildman–Crippen LogP) is 11.9. The van der Waals surface area contributed by atoms with Crippen LogP contribution in [0, 0.1) is 23.5 Å². The normalized spacial score (nSPS) is 25.1. The van der Waals surface area contributed by atoms with Gasteiger partial charge in [-0.3, -0.25) is 38.8 Å². The van der Waals surface area contributed by atoms with Gasteiger partial charge < -0.3 is 28.8 Å². The minimum atomic E-state index is -3.15. The Kier molecular flexibility index (Phi) is 17.3. The first-order chi connectivity index (χ1) is 44.0. The summed E-state index contributed by atoms with van der Waals surface area (Å²) in [5.74, 6) is -5.32. The molecule has 7 aliphatic heterocycles. The van der Waals surface area contributed by atoms with E-state index in [0.717, 1.165) is 38.6 Å². The number of hydrogen-bond donors (Lipinski definition) is 2. The number of aromatic nitrogens is 5. The number of imidazole rings is 1. The fourth-order valence-corrected chi connectivity index (χ4v) is 23.0. The highest BCUT2D eigenvalue weighted by Crippen LogP contribution is 2.49. The van der Waals surface area contributed by atoms with Crippen molar-refractivity contribution in [1.29, 1.82) is 0 Å². The highest BCUT2D eigenvalue weighted by molar-refractivity contribution is 6.78. The lowest BCUT2D eigenvalue weighted by Crippen LogP contribution is -2.56. The van der Waals surface area contributed by atoms with Gasteiger partial charge in [-0.2, -0.15) is 9.97 Å². The number of amides is 3. The van der Waals surface area contributed by atoms with Crippen LogP contribution < -0.4 is 25.1 Å². The van der Waals surface area contributed by atoms with E-state index in [4.69, 9.17) is 28.9 Å². The van der Waals surface area contributed by atoms with Crippen molar-refractivity contribution in [3.05, 3.63) is 81.4 Å². The topological polar surface area (TPSA) is 190 Å². The Morgan fingerprint density at radius 2 is 1.66 bits per heavy atom. The Balaban J connectivity index is 0.841. The fourth-order valence-electron chi connectivity index (χ4n) is 17.8. The molecule has 3 aromatic heterocycles. The van der Waals surface area contributed by atoms with Gasteiger partial charge in [0.25, 0.3) is 14.2 Å². The summed E-state index contributed by atoms with van der Waals surface area (Å²) >= 11 is 0. The number of alkyl halides is 2. The molecule has 7 aliphatic rings. The third-order valence-electron chi connectivity index (χ3n) is 22.3. The zero-order valence-corrected chi connectivity index (χ0v) is 55.3. The van der Waals surface area contributed by atoms with Gasteiger partial charge in [0, 0.05) is 82.4 Å². The second-order valence-corrected chi connectivity index (χ2v) is 34.0. The number of nitrogens with one attached hydrogen (secondary N) is 1. The average molecular weight is 1290 g/mol. The first kappa shape index (κ1) is 64.0. The number of anilines is 1. The van der Waals surface area contributed by atoms with Crippen molar-refractivity contribution in [2.24, 2.45) is 18.9 Å². The largest absolute Gasteiger partial charge is 0.543 e. The zero-order valence-electron chi connectivity index (χ0n) is 54.3.